The first-order valence-electron chi connectivity index (χ1n) is 13.1. The van der Waals surface area contributed by atoms with Gasteiger partial charge >= 0.3 is 0 Å². The lowest BCUT2D eigenvalue weighted by Crippen LogP contribution is -2.52. The van der Waals surface area contributed by atoms with E-state index in [0.717, 1.165) is 16.9 Å². The SMILES string of the molecule is C=NN(C)/C(=C\C)Nc1ccc2c(c1)C(=O)CC1(CCN(C(=O)c3cc(OC)c4cccc(OC)c4n3)CC1)O2. The number of aromatic nitrogens is 1. The maximum Gasteiger partial charge on any atom is 0.272 e. The number of Topliss-reactive ketones (excluding diaryl/α,β-unsaturated/α-hetero) is 1. The molecular formula is C30H33N5O5. The van der Waals surface area contributed by atoms with Crippen LogP contribution in [0.25, 0.3) is 10.9 Å². The molecule has 40 heavy (non-hydrogen) atoms. The predicted molar refractivity (Wildman–Crippen MR) is 153 cm³/mol. The van der Waals surface area contributed by atoms with Gasteiger partial charge in [-0.25, -0.2) is 4.98 Å². The van der Waals surface area contributed by atoms with Crippen molar-refractivity contribution in [1.82, 2.24) is 14.9 Å². The molecule has 0 atom stereocenters. The Morgan fingerprint density at radius 3 is 2.60 bits per heavy atom. The van der Waals surface area contributed by atoms with Crippen LogP contribution in [-0.2, 0) is 0 Å². The van der Waals surface area contributed by atoms with Crippen LogP contribution in [0.5, 0.6) is 17.2 Å². The molecule has 1 fully saturated rings. The van der Waals surface area contributed by atoms with Gasteiger partial charge in [0.25, 0.3) is 5.91 Å². The Bertz CT molecular complexity index is 1510. The van der Waals surface area contributed by atoms with Crippen molar-refractivity contribution >= 4 is 35.0 Å². The highest BCUT2D eigenvalue weighted by molar-refractivity contribution is 6.01. The van der Waals surface area contributed by atoms with Gasteiger partial charge in [0.05, 0.1) is 26.2 Å². The minimum Gasteiger partial charge on any atom is -0.496 e. The van der Waals surface area contributed by atoms with E-state index in [2.05, 4.69) is 22.1 Å². The number of ketones is 1. The predicted octanol–water partition coefficient (Wildman–Crippen LogP) is 4.71. The van der Waals surface area contributed by atoms with E-state index in [0.29, 0.717) is 54.3 Å². The number of ether oxygens (including phenoxy) is 3. The number of hydrogen-bond donors (Lipinski definition) is 1. The first kappa shape index (κ1) is 27.0. The lowest BCUT2D eigenvalue weighted by molar-refractivity contribution is -0.00583. The number of carbonyl (C=O) groups excluding carboxylic acids is 2. The van der Waals surface area contributed by atoms with Crippen molar-refractivity contribution in [3.63, 3.8) is 0 Å². The van der Waals surface area contributed by atoms with E-state index in [-0.39, 0.29) is 23.8 Å². The van der Waals surface area contributed by atoms with Gasteiger partial charge in [0, 0.05) is 56.8 Å². The Morgan fingerprint density at radius 1 is 1.18 bits per heavy atom. The lowest BCUT2D eigenvalue weighted by atomic mass is 9.82. The number of fused-ring (bicyclic) bond motifs is 2. The van der Waals surface area contributed by atoms with E-state index in [1.54, 1.807) is 49.4 Å². The summed E-state index contributed by atoms with van der Waals surface area (Å²) in [4.78, 5) is 33.2. The largest absolute Gasteiger partial charge is 0.496 e. The number of benzene rings is 2. The highest BCUT2D eigenvalue weighted by Gasteiger charge is 2.44. The Kier molecular flexibility index (Phi) is 7.34. The summed E-state index contributed by atoms with van der Waals surface area (Å²) in [6.45, 7) is 6.32. The quantitative estimate of drug-likeness (QED) is 0.337. The number of methoxy groups -OCH3 is 2. The van der Waals surface area contributed by atoms with Gasteiger partial charge in [-0.1, -0.05) is 6.07 Å². The first-order valence-corrected chi connectivity index (χ1v) is 13.1. The number of rotatable bonds is 7. The Labute approximate surface area is 233 Å². The fourth-order valence-corrected chi connectivity index (χ4v) is 5.33. The van der Waals surface area contributed by atoms with Gasteiger partial charge < -0.3 is 24.4 Å². The molecule has 1 saturated heterocycles. The highest BCUT2D eigenvalue weighted by atomic mass is 16.5. The van der Waals surface area contributed by atoms with E-state index >= 15 is 0 Å². The summed E-state index contributed by atoms with van der Waals surface area (Å²) >= 11 is 0. The standard InChI is InChI=1S/C30H33N5O5/c1-6-27(34(3)31-2)32-19-10-11-24-21(16-19)23(36)18-30(40-24)12-14-35(15-13-30)29(37)22-17-26(39-5)20-8-7-9-25(38-4)28(20)33-22/h6-11,16-17,32H,2,12-15,18H2,1,3-5H3/b27-6-. The van der Waals surface area contributed by atoms with Crippen molar-refractivity contribution in [3.8, 4) is 17.2 Å². The van der Waals surface area contributed by atoms with Crippen molar-refractivity contribution in [3.05, 3.63) is 65.6 Å². The number of allylic oxidation sites excluding steroid dienone is 1. The summed E-state index contributed by atoms with van der Waals surface area (Å²) in [6.07, 6.45) is 3.21. The maximum absolute atomic E-state index is 13.5. The van der Waals surface area contributed by atoms with Crippen molar-refractivity contribution in [2.75, 3.05) is 39.7 Å². The summed E-state index contributed by atoms with van der Waals surface area (Å²) in [6, 6.07) is 12.7. The molecular weight excluding hydrogens is 510 g/mol. The summed E-state index contributed by atoms with van der Waals surface area (Å²) in [5.74, 6) is 2.26. The topological polar surface area (TPSA) is 106 Å². The molecule has 2 aromatic carbocycles. The van der Waals surface area contributed by atoms with Crippen molar-refractivity contribution in [1.29, 1.82) is 0 Å². The van der Waals surface area contributed by atoms with Gasteiger partial charge in [0.15, 0.2) is 5.78 Å². The molecule has 0 unspecified atom stereocenters. The second-order valence-electron chi connectivity index (χ2n) is 9.92. The number of carbonyl (C=O) groups is 2. The van der Waals surface area contributed by atoms with E-state index < -0.39 is 5.60 Å². The fraction of sp³-hybridized carbons (Fsp3) is 0.333. The van der Waals surface area contributed by atoms with Crippen LogP contribution in [0.2, 0.25) is 0 Å². The zero-order valence-corrected chi connectivity index (χ0v) is 23.2. The van der Waals surface area contributed by atoms with Gasteiger partial charge in [-0.05, 0) is 43.3 Å². The zero-order chi connectivity index (χ0) is 28.4. The number of hydrogen-bond acceptors (Lipinski definition) is 9. The normalized spacial score (nSPS) is 16.2. The van der Waals surface area contributed by atoms with E-state index in [4.69, 9.17) is 14.2 Å². The maximum atomic E-state index is 13.5. The first-order chi connectivity index (χ1) is 19.3. The Hall–Kier alpha value is -4.60. The number of nitrogens with one attached hydrogen (secondary N) is 1. The van der Waals surface area contributed by atoms with Gasteiger partial charge in [0.2, 0.25) is 0 Å². The number of piperidine rings is 1. The van der Waals surface area contributed by atoms with Crippen LogP contribution in [0, 0.1) is 0 Å². The van der Waals surface area contributed by atoms with E-state index in [9.17, 15) is 9.59 Å². The molecule has 2 aliphatic rings. The zero-order valence-electron chi connectivity index (χ0n) is 23.2. The molecule has 3 heterocycles. The van der Waals surface area contributed by atoms with Crippen LogP contribution in [0.4, 0.5) is 5.69 Å². The molecule has 10 nitrogen and oxygen atoms in total. The van der Waals surface area contributed by atoms with Crippen molar-refractivity contribution in [2.24, 2.45) is 5.10 Å². The minimum atomic E-state index is -0.644. The van der Waals surface area contributed by atoms with Crippen LogP contribution in [-0.4, -0.2) is 73.3 Å². The molecule has 1 amide bonds. The van der Waals surface area contributed by atoms with Crippen LogP contribution in [0.3, 0.4) is 0 Å². The van der Waals surface area contributed by atoms with Crippen molar-refractivity contribution < 1.29 is 23.8 Å². The molecule has 0 radical (unpaired) electrons. The molecule has 1 spiro atoms. The molecule has 5 rings (SSSR count). The van der Waals surface area contributed by atoms with Gasteiger partial charge in [-0.3, -0.25) is 14.6 Å². The number of pyridine rings is 1. The number of amides is 1. The number of para-hydroxylation sites is 1. The van der Waals surface area contributed by atoms with Gasteiger partial charge in [-0.15, -0.1) is 0 Å². The van der Waals surface area contributed by atoms with E-state index in [1.807, 2.05) is 37.3 Å². The third-order valence-corrected chi connectivity index (χ3v) is 7.58. The summed E-state index contributed by atoms with van der Waals surface area (Å²) < 4.78 is 17.5. The molecule has 0 aliphatic carbocycles. The van der Waals surface area contributed by atoms with Crippen molar-refractivity contribution in [2.45, 2.75) is 31.8 Å². The molecule has 0 bridgehead atoms. The molecule has 2 aliphatic heterocycles. The van der Waals surface area contributed by atoms with Crippen LogP contribution < -0.4 is 19.5 Å². The Balaban J connectivity index is 1.31. The average Bonchev–Trinajstić information content (AvgIpc) is 2.98. The third-order valence-electron chi connectivity index (χ3n) is 7.58. The monoisotopic (exact) mass is 543 g/mol. The molecule has 0 saturated carbocycles. The Morgan fingerprint density at radius 2 is 1.93 bits per heavy atom. The average molecular weight is 544 g/mol. The lowest BCUT2D eigenvalue weighted by Gasteiger charge is -2.44. The summed E-state index contributed by atoms with van der Waals surface area (Å²) in [7, 11) is 4.92. The van der Waals surface area contributed by atoms with Crippen LogP contribution in [0.1, 0.15) is 47.0 Å². The third kappa shape index (κ3) is 4.92. The summed E-state index contributed by atoms with van der Waals surface area (Å²) in [5, 5.41) is 9.54. The summed E-state index contributed by atoms with van der Waals surface area (Å²) in [5.41, 5.74) is 1.51. The number of anilines is 1. The fourth-order valence-electron chi connectivity index (χ4n) is 5.33. The molecule has 1 aromatic heterocycles. The number of likely N-dealkylation sites (tertiary alicyclic amines) is 1. The second kappa shape index (κ2) is 10.9. The van der Waals surface area contributed by atoms with Crippen LogP contribution in [0.15, 0.2) is 59.5 Å². The molecule has 3 aromatic rings. The minimum absolute atomic E-state index is 0.0231. The smallest absolute Gasteiger partial charge is 0.272 e. The molecule has 10 heteroatoms. The molecule has 1 N–H and O–H groups in total. The number of hydrazone groups is 1. The second-order valence-corrected chi connectivity index (χ2v) is 9.92. The highest BCUT2D eigenvalue weighted by Crippen LogP contribution is 2.41. The van der Waals surface area contributed by atoms with Crippen LogP contribution >= 0.6 is 0 Å². The molecule has 208 valence electrons. The van der Waals surface area contributed by atoms with E-state index in [1.165, 1.54) is 0 Å². The van der Waals surface area contributed by atoms with Gasteiger partial charge in [0.1, 0.15) is 39.9 Å². The number of nitrogens with zero attached hydrogens (tertiary/aromatic N) is 4. The van der Waals surface area contributed by atoms with Gasteiger partial charge in [-0.2, -0.15) is 5.10 Å².